The van der Waals surface area contributed by atoms with E-state index in [1.807, 2.05) is 0 Å². The number of hydrogen-bond donors (Lipinski definition) is 2. The maximum atomic E-state index is 13.2. The van der Waals surface area contributed by atoms with Crippen LogP contribution >= 0.6 is 11.6 Å². The number of carbonyl (C=O) groups excluding carboxylic acids is 1. The third-order valence-electron chi connectivity index (χ3n) is 3.02. The van der Waals surface area contributed by atoms with Gasteiger partial charge < -0.3 is 10.4 Å². The maximum Gasteiger partial charge on any atom is 0.306 e. The van der Waals surface area contributed by atoms with Gasteiger partial charge in [-0.2, -0.15) is 0 Å². The summed E-state index contributed by atoms with van der Waals surface area (Å²) in [6.07, 6.45) is 0.794. The van der Waals surface area contributed by atoms with E-state index in [1.165, 1.54) is 18.2 Å². The van der Waals surface area contributed by atoms with E-state index in [-0.39, 0.29) is 16.6 Å². The van der Waals surface area contributed by atoms with Crippen molar-refractivity contribution in [2.45, 2.75) is 18.9 Å². The highest BCUT2D eigenvalue weighted by Crippen LogP contribution is 2.28. The van der Waals surface area contributed by atoms with Crippen molar-refractivity contribution in [3.8, 4) is 0 Å². The topological polar surface area (TPSA) is 66.4 Å². The van der Waals surface area contributed by atoms with Crippen LogP contribution in [0, 0.1) is 11.7 Å². The molecule has 0 spiro atoms. The highest BCUT2D eigenvalue weighted by Gasteiger charge is 2.35. The number of carbonyl (C=O) groups is 2. The Balaban J connectivity index is 1.97. The lowest BCUT2D eigenvalue weighted by atomic mass is 9.80. The van der Waals surface area contributed by atoms with E-state index in [2.05, 4.69) is 5.32 Å². The molecule has 2 N–H and O–H groups in total. The number of hydrogen-bond acceptors (Lipinski definition) is 2. The normalized spacial score (nSPS) is 22.1. The quantitative estimate of drug-likeness (QED) is 0.884. The Morgan fingerprint density at radius 3 is 2.67 bits per heavy atom. The average Bonchev–Trinajstić information content (AvgIpc) is 2.25. The van der Waals surface area contributed by atoms with Crippen LogP contribution in [0.5, 0.6) is 0 Å². The van der Waals surface area contributed by atoms with Gasteiger partial charge in [-0.15, -0.1) is 0 Å². The number of benzene rings is 1. The van der Waals surface area contributed by atoms with E-state index < -0.39 is 23.6 Å². The second-order valence-corrected chi connectivity index (χ2v) is 4.66. The first kappa shape index (κ1) is 12.8. The molecule has 1 aromatic carbocycles. The minimum absolute atomic E-state index is 0.0652. The summed E-state index contributed by atoms with van der Waals surface area (Å²) in [5.74, 6) is -2.39. The van der Waals surface area contributed by atoms with Crippen molar-refractivity contribution in [1.82, 2.24) is 5.32 Å². The molecule has 0 unspecified atom stereocenters. The standard InChI is InChI=1S/C12H11ClFNO3/c13-10-8(2-1-3-9(10)14)11(16)15-7-4-6(5-7)12(17)18/h1-3,6-7H,4-5H2,(H,15,16)(H,17,18). The lowest BCUT2D eigenvalue weighted by Gasteiger charge is -2.32. The van der Waals surface area contributed by atoms with Gasteiger partial charge in [-0.1, -0.05) is 17.7 Å². The SMILES string of the molecule is O=C(NC1CC(C(=O)O)C1)c1cccc(F)c1Cl. The molecule has 0 saturated heterocycles. The zero-order valence-electron chi connectivity index (χ0n) is 9.32. The molecule has 18 heavy (non-hydrogen) atoms. The predicted molar refractivity (Wildman–Crippen MR) is 63.0 cm³/mol. The van der Waals surface area contributed by atoms with Crippen molar-refractivity contribution in [3.63, 3.8) is 0 Å². The van der Waals surface area contributed by atoms with E-state index in [0.29, 0.717) is 12.8 Å². The van der Waals surface area contributed by atoms with E-state index in [1.54, 1.807) is 0 Å². The van der Waals surface area contributed by atoms with Gasteiger partial charge in [0.25, 0.3) is 5.91 Å². The molecule has 1 aliphatic carbocycles. The van der Waals surface area contributed by atoms with Crippen molar-refractivity contribution in [2.24, 2.45) is 5.92 Å². The highest BCUT2D eigenvalue weighted by atomic mass is 35.5. The van der Waals surface area contributed by atoms with Gasteiger partial charge >= 0.3 is 5.97 Å². The predicted octanol–water partition coefficient (Wildman–Crippen LogP) is 2.07. The molecule has 0 radical (unpaired) electrons. The minimum atomic E-state index is -0.857. The summed E-state index contributed by atoms with van der Waals surface area (Å²) in [4.78, 5) is 22.4. The fourth-order valence-corrected chi connectivity index (χ4v) is 2.09. The molecule has 2 rings (SSSR count). The molecule has 0 atom stereocenters. The third-order valence-corrected chi connectivity index (χ3v) is 3.40. The van der Waals surface area contributed by atoms with Crippen LogP contribution in [-0.2, 0) is 4.79 Å². The van der Waals surface area contributed by atoms with Crippen LogP contribution in [0.25, 0.3) is 0 Å². The first-order chi connectivity index (χ1) is 8.49. The average molecular weight is 272 g/mol. The van der Waals surface area contributed by atoms with Crippen molar-refractivity contribution in [1.29, 1.82) is 0 Å². The number of amides is 1. The molecule has 1 amide bonds. The van der Waals surface area contributed by atoms with Gasteiger partial charge in [0.05, 0.1) is 16.5 Å². The maximum absolute atomic E-state index is 13.2. The number of aliphatic carboxylic acids is 1. The van der Waals surface area contributed by atoms with Gasteiger partial charge in [0.1, 0.15) is 5.82 Å². The first-order valence-corrected chi connectivity index (χ1v) is 5.84. The Bertz CT molecular complexity index is 500. The van der Waals surface area contributed by atoms with Crippen molar-refractivity contribution in [2.75, 3.05) is 0 Å². The Morgan fingerprint density at radius 1 is 1.39 bits per heavy atom. The molecular formula is C12H11ClFNO3. The van der Waals surface area contributed by atoms with Crippen molar-refractivity contribution < 1.29 is 19.1 Å². The van der Waals surface area contributed by atoms with E-state index >= 15 is 0 Å². The molecular weight excluding hydrogens is 261 g/mol. The van der Waals surface area contributed by atoms with E-state index in [9.17, 15) is 14.0 Å². The van der Waals surface area contributed by atoms with Crippen molar-refractivity contribution >= 4 is 23.5 Å². The number of carboxylic acid groups (broad SMARTS) is 1. The monoisotopic (exact) mass is 271 g/mol. The van der Waals surface area contributed by atoms with Crippen LogP contribution in [0.4, 0.5) is 4.39 Å². The number of nitrogens with one attached hydrogen (secondary N) is 1. The van der Waals surface area contributed by atoms with Gasteiger partial charge in [0.15, 0.2) is 0 Å². The summed E-state index contributed by atoms with van der Waals surface area (Å²) in [6.45, 7) is 0. The zero-order valence-corrected chi connectivity index (χ0v) is 10.1. The fourth-order valence-electron chi connectivity index (χ4n) is 1.88. The van der Waals surface area contributed by atoms with Crippen LogP contribution in [0.2, 0.25) is 5.02 Å². The highest BCUT2D eigenvalue weighted by molar-refractivity contribution is 6.34. The van der Waals surface area contributed by atoms with Gasteiger partial charge in [-0.3, -0.25) is 9.59 Å². The number of rotatable bonds is 3. The molecule has 1 aromatic rings. The summed E-state index contributed by atoms with van der Waals surface area (Å²) in [6, 6.07) is 3.81. The third kappa shape index (κ3) is 2.46. The molecule has 0 heterocycles. The van der Waals surface area contributed by atoms with Gasteiger partial charge in [0.2, 0.25) is 0 Å². The van der Waals surface area contributed by atoms with Crippen molar-refractivity contribution in [3.05, 3.63) is 34.6 Å². The lowest BCUT2D eigenvalue weighted by Crippen LogP contribution is -2.46. The van der Waals surface area contributed by atoms with Crippen LogP contribution in [0.15, 0.2) is 18.2 Å². The second-order valence-electron chi connectivity index (χ2n) is 4.28. The smallest absolute Gasteiger partial charge is 0.306 e. The second kappa shape index (κ2) is 4.94. The zero-order chi connectivity index (χ0) is 13.3. The molecule has 0 aliphatic heterocycles. The van der Waals surface area contributed by atoms with Crippen LogP contribution in [0.1, 0.15) is 23.2 Å². The van der Waals surface area contributed by atoms with E-state index in [4.69, 9.17) is 16.7 Å². The van der Waals surface area contributed by atoms with E-state index in [0.717, 1.165) is 0 Å². The lowest BCUT2D eigenvalue weighted by molar-refractivity contribution is -0.145. The molecule has 6 heteroatoms. The number of carboxylic acids is 1. The van der Waals surface area contributed by atoms with Crippen LogP contribution < -0.4 is 5.32 Å². The molecule has 0 aromatic heterocycles. The summed E-state index contributed by atoms with van der Waals surface area (Å²) in [5, 5.41) is 11.1. The van der Waals surface area contributed by atoms with Gasteiger partial charge in [0, 0.05) is 6.04 Å². The molecule has 0 bridgehead atoms. The number of halogens is 2. The van der Waals surface area contributed by atoms with Gasteiger partial charge in [-0.05, 0) is 25.0 Å². The first-order valence-electron chi connectivity index (χ1n) is 5.46. The summed E-state index contributed by atoms with van der Waals surface area (Å²) in [5.41, 5.74) is 0.0652. The summed E-state index contributed by atoms with van der Waals surface area (Å²) < 4.78 is 13.2. The minimum Gasteiger partial charge on any atom is -0.481 e. The molecule has 96 valence electrons. The fraction of sp³-hybridized carbons (Fsp3) is 0.333. The summed E-state index contributed by atoms with van der Waals surface area (Å²) in [7, 11) is 0. The Kier molecular flexibility index (Phi) is 3.52. The Hall–Kier alpha value is -1.62. The largest absolute Gasteiger partial charge is 0.481 e. The van der Waals surface area contributed by atoms with Crippen LogP contribution in [-0.4, -0.2) is 23.0 Å². The molecule has 1 fully saturated rings. The van der Waals surface area contributed by atoms with Crippen LogP contribution in [0.3, 0.4) is 0 Å². The summed E-state index contributed by atoms with van der Waals surface area (Å²) >= 11 is 5.68. The Labute approximate surface area is 108 Å². The molecule has 1 saturated carbocycles. The molecule has 1 aliphatic rings. The molecule has 4 nitrogen and oxygen atoms in total. The van der Waals surface area contributed by atoms with Gasteiger partial charge in [-0.25, -0.2) is 4.39 Å². The Morgan fingerprint density at radius 2 is 2.06 bits per heavy atom.